The quantitative estimate of drug-likeness (QED) is 0.670. The number of rotatable bonds is 6. The number of aliphatic hydroxyl groups excluding tert-OH is 1. The van der Waals surface area contributed by atoms with Gasteiger partial charge in [-0.3, -0.25) is 4.90 Å². The van der Waals surface area contributed by atoms with E-state index in [2.05, 4.69) is 65.6 Å². The van der Waals surface area contributed by atoms with E-state index < -0.39 is 0 Å². The normalized spacial score (nSPS) is 17.9. The number of hydrogen-bond donors (Lipinski definition) is 1. The van der Waals surface area contributed by atoms with Gasteiger partial charge in [0.05, 0.1) is 19.8 Å². The smallest absolute Gasteiger partial charge is 0.118 e. The number of nitrogens with zero attached hydrogens (tertiary/aromatic N) is 1. The topological polar surface area (TPSA) is 32.7 Å². The van der Waals surface area contributed by atoms with Crippen LogP contribution in [0.25, 0.3) is 0 Å². The Hall–Kier alpha value is -2.62. The van der Waals surface area contributed by atoms with E-state index in [-0.39, 0.29) is 12.6 Å². The van der Waals surface area contributed by atoms with Crippen LogP contribution in [0, 0.1) is 0 Å². The summed E-state index contributed by atoms with van der Waals surface area (Å²) in [5.41, 5.74) is 5.37. The minimum Gasteiger partial charge on any atom is -0.497 e. The van der Waals surface area contributed by atoms with Crippen LogP contribution in [0.1, 0.15) is 34.2 Å². The Morgan fingerprint density at radius 3 is 2.41 bits per heavy atom. The zero-order valence-electron chi connectivity index (χ0n) is 17.0. The summed E-state index contributed by atoms with van der Waals surface area (Å²) in [5, 5.41) is 10.2. The summed E-state index contributed by atoms with van der Waals surface area (Å²) in [6.45, 7) is 2.02. The number of hydrogen-bond acceptors (Lipinski definition) is 3. The van der Waals surface area contributed by atoms with Crippen molar-refractivity contribution >= 4 is 0 Å². The fourth-order valence-corrected chi connectivity index (χ4v) is 4.51. The van der Waals surface area contributed by atoms with Gasteiger partial charge in [0, 0.05) is 19.0 Å². The lowest BCUT2D eigenvalue weighted by Crippen LogP contribution is -2.35. The van der Waals surface area contributed by atoms with Gasteiger partial charge < -0.3 is 9.84 Å². The highest BCUT2D eigenvalue weighted by atomic mass is 16.5. The molecule has 0 bridgehead atoms. The molecule has 1 N–H and O–H groups in total. The first-order chi connectivity index (χ1) is 14.3. The van der Waals surface area contributed by atoms with Crippen molar-refractivity contribution in [3.63, 3.8) is 0 Å². The van der Waals surface area contributed by atoms with Crippen LogP contribution < -0.4 is 4.74 Å². The summed E-state index contributed by atoms with van der Waals surface area (Å²) < 4.78 is 5.31. The molecule has 29 heavy (non-hydrogen) atoms. The van der Waals surface area contributed by atoms with Gasteiger partial charge in [-0.2, -0.15) is 0 Å². The van der Waals surface area contributed by atoms with Crippen LogP contribution >= 0.6 is 0 Å². The lowest BCUT2D eigenvalue weighted by Gasteiger charge is -2.32. The van der Waals surface area contributed by atoms with Crippen molar-refractivity contribution in [1.82, 2.24) is 4.90 Å². The van der Waals surface area contributed by atoms with Crippen LogP contribution in [0.2, 0.25) is 0 Å². The molecule has 3 aromatic rings. The molecule has 4 rings (SSSR count). The van der Waals surface area contributed by atoms with Gasteiger partial charge in [0.1, 0.15) is 5.75 Å². The average molecular weight is 388 g/mol. The molecule has 3 heteroatoms. The van der Waals surface area contributed by atoms with Crippen molar-refractivity contribution < 1.29 is 9.84 Å². The van der Waals surface area contributed by atoms with Gasteiger partial charge in [0.2, 0.25) is 0 Å². The van der Waals surface area contributed by atoms with E-state index >= 15 is 0 Å². The zero-order chi connectivity index (χ0) is 20.1. The Morgan fingerprint density at radius 1 is 0.966 bits per heavy atom. The number of benzene rings is 3. The van der Waals surface area contributed by atoms with Crippen molar-refractivity contribution in [3.8, 4) is 5.75 Å². The maximum atomic E-state index is 10.2. The van der Waals surface area contributed by atoms with Gasteiger partial charge in [-0.1, -0.05) is 66.7 Å². The van der Waals surface area contributed by atoms with Gasteiger partial charge in [-0.05, 0) is 47.2 Å². The summed E-state index contributed by atoms with van der Waals surface area (Å²) in [7, 11) is 1.70. The Balaban J connectivity index is 1.62. The molecular weight excluding hydrogens is 358 g/mol. The first-order valence-corrected chi connectivity index (χ1v) is 10.4. The van der Waals surface area contributed by atoms with Crippen LogP contribution in [0.4, 0.5) is 0 Å². The van der Waals surface area contributed by atoms with Crippen molar-refractivity contribution in [2.45, 2.75) is 24.8 Å². The van der Waals surface area contributed by atoms with E-state index in [0.29, 0.717) is 5.92 Å². The van der Waals surface area contributed by atoms with Crippen molar-refractivity contribution in [3.05, 3.63) is 101 Å². The third-order valence-corrected chi connectivity index (χ3v) is 6.06. The molecule has 150 valence electrons. The number of methoxy groups -OCH3 is 1. The summed E-state index contributed by atoms with van der Waals surface area (Å²) in [5.74, 6) is 1.28. The molecular formula is C26H29NO2. The lowest BCUT2D eigenvalue weighted by atomic mass is 9.88. The van der Waals surface area contributed by atoms with Crippen molar-refractivity contribution in [2.24, 2.45) is 0 Å². The Labute approximate surface area is 173 Å². The maximum Gasteiger partial charge on any atom is 0.118 e. The predicted octanol–water partition coefficient (Wildman–Crippen LogP) is 4.61. The van der Waals surface area contributed by atoms with E-state index in [1.165, 1.54) is 22.3 Å². The maximum absolute atomic E-state index is 10.2. The first kappa shape index (κ1) is 19.7. The molecule has 1 heterocycles. The van der Waals surface area contributed by atoms with Crippen LogP contribution in [0.3, 0.4) is 0 Å². The molecule has 3 aromatic carbocycles. The van der Waals surface area contributed by atoms with Gasteiger partial charge >= 0.3 is 0 Å². The molecule has 1 aliphatic rings. The van der Waals surface area contributed by atoms with E-state index in [4.69, 9.17) is 4.74 Å². The average Bonchev–Trinajstić information content (AvgIpc) is 2.96. The SMILES string of the molecule is COc1ccc(C[C@H]2CN([C@@H](CO)c3ccccc3)CCc3ccccc32)cc1. The molecule has 0 aliphatic carbocycles. The minimum atomic E-state index is 0.0314. The highest BCUT2D eigenvalue weighted by Gasteiger charge is 2.28. The fourth-order valence-electron chi connectivity index (χ4n) is 4.51. The van der Waals surface area contributed by atoms with Gasteiger partial charge in [0.15, 0.2) is 0 Å². The molecule has 3 nitrogen and oxygen atoms in total. The molecule has 0 fully saturated rings. The molecule has 0 spiro atoms. The molecule has 0 unspecified atom stereocenters. The zero-order valence-corrected chi connectivity index (χ0v) is 17.0. The summed E-state index contributed by atoms with van der Waals surface area (Å²) in [6, 6.07) is 27.6. The van der Waals surface area contributed by atoms with Crippen molar-refractivity contribution in [2.75, 3.05) is 26.8 Å². The Bertz CT molecular complexity index is 908. The summed E-state index contributed by atoms with van der Waals surface area (Å²) in [6.07, 6.45) is 1.99. The fraction of sp³-hybridized carbons (Fsp3) is 0.308. The molecule has 0 aromatic heterocycles. The number of ether oxygens (including phenoxy) is 1. The number of aliphatic hydroxyl groups is 1. The largest absolute Gasteiger partial charge is 0.497 e. The molecule has 2 atom stereocenters. The predicted molar refractivity (Wildman–Crippen MR) is 117 cm³/mol. The Kier molecular flexibility index (Phi) is 6.28. The first-order valence-electron chi connectivity index (χ1n) is 10.4. The molecule has 1 aliphatic heterocycles. The second kappa shape index (κ2) is 9.25. The molecule has 0 radical (unpaired) electrons. The molecule has 0 saturated heterocycles. The second-order valence-corrected chi connectivity index (χ2v) is 7.80. The van der Waals surface area contributed by atoms with Crippen LogP contribution in [-0.2, 0) is 12.8 Å². The van der Waals surface area contributed by atoms with Gasteiger partial charge in [-0.25, -0.2) is 0 Å². The highest BCUT2D eigenvalue weighted by molar-refractivity contribution is 5.35. The highest BCUT2D eigenvalue weighted by Crippen LogP contribution is 2.33. The van der Waals surface area contributed by atoms with Gasteiger partial charge in [-0.15, -0.1) is 0 Å². The van der Waals surface area contributed by atoms with Crippen LogP contribution in [0.5, 0.6) is 5.75 Å². The minimum absolute atomic E-state index is 0.0314. The van der Waals surface area contributed by atoms with E-state index in [1.54, 1.807) is 7.11 Å². The van der Waals surface area contributed by atoms with E-state index in [0.717, 1.165) is 31.7 Å². The third-order valence-electron chi connectivity index (χ3n) is 6.06. The summed E-state index contributed by atoms with van der Waals surface area (Å²) in [4.78, 5) is 2.46. The van der Waals surface area contributed by atoms with Crippen molar-refractivity contribution in [1.29, 1.82) is 0 Å². The van der Waals surface area contributed by atoms with Crippen LogP contribution in [-0.4, -0.2) is 36.8 Å². The standard InChI is InChI=1S/C26H29NO2/c1-29-24-13-11-20(12-14-24)17-23-18-27(16-15-21-7-5-6-10-25(21)23)26(19-28)22-8-3-2-4-9-22/h2-14,23,26,28H,15-19H2,1H3/t23-,26-/m0/s1. The lowest BCUT2D eigenvalue weighted by molar-refractivity contribution is 0.120. The third kappa shape index (κ3) is 4.52. The molecule has 0 amide bonds. The monoisotopic (exact) mass is 387 g/mol. The Morgan fingerprint density at radius 2 is 1.69 bits per heavy atom. The van der Waals surface area contributed by atoms with Gasteiger partial charge in [0.25, 0.3) is 0 Å². The summed E-state index contributed by atoms with van der Waals surface area (Å²) >= 11 is 0. The number of fused-ring (bicyclic) bond motifs is 1. The molecule has 0 saturated carbocycles. The van der Waals surface area contributed by atoms with E-state index in [9.17, 15) is 5.11 Å². The van der Waals surface area contributed by atoms with E-state index in [1.807, 2.05) is 18.2 Å². The second-order valence-electron chi connectivity index (χ2n) is 7.80. The van der Waals surface area contributed by atoms with Crippen LogP contribution in [0.15, 0.2) is 78.9 Å².